The molecule has 0 heterocycles. The van der Waals surface area contributed by atoms with Crippen LogP contribution in [0.15, 0.2) is 30.3 Å². The van der Waals surface area contributed by atoms with Crippen LogP contribution in [0.25, 0.3) is 0 Å². The van der Waals surface area contributed by atoms with Crippen molar-refractivity contribution in [2.24, 2.45) is 0 Å². The molecule has 0 radical (unpaired) electrons. The Bertz CT molecular complexity index is 360. The summed E-state index contributed by atoms with van der Waals surface area (Å²) in [5.74, 6) is -0.636. The lowest BCUT2D eigenvalue weighted by Gasteiger charge is -2.19. The molecule has 0 N–H and O–H groups in total. The molecule has 0 fully saturated rings. The summed E-state index contributed by atoms with van der Waals surface area (Å²) >= 11 is 0. The molecule has 5 heteroatoms. The minimum atomic E-state index is -4.37. The van der Waals surface area contributed by atoms with Crippen molar-refractivity contribution in [2.75, 3.05) is 0 Å². The van der Waals surface area contributed by atoms with Gasteiger partial charge in [0.25, 0.3) is 0 Å². The van der Waals surface area contributed by atoms with Crippen LogP contribution >= 0.6 is 0 Å². The van der Waals surface area contributed by atoms with E-state index in [9.17, 15) is 18.0 Å². The Hall–Kier alpha value is -1.52. The van der Waals surface area contributed by atoms with Crippen molar-refractivity contribution in [3.63, 3.8) is 0 Å². The lowest BCUT2D eigenvalue weighted by atomic mass is 10.1. The first-order valence-corrected chi connectivity index (χ1v) is 5.23. The van der Waals surface area contributed by atoms with E-state index < -0.39 is 24.7 Å². The van der Waals surface area contributed by atoms with E-state index >= 15 is 0 Å². The van der Waals surface area contributed by atoms with Crippen LogP contribution in [0, 0.1) is 0 Å². The van der Waals surface area contributed by atoms with Gasteiger partial charge in [0.15, 0.2) is 0 Å². The lowest BCUT2D eigenvalue weighted by Crippen LogP contribution is -2.18. The van der Waals surface area contributed by atoms with Crippen molar-refractivity contribution >= 4 is 5.97 Å². The monoisotopic (exact) mass is 246 g/mol. The van der Waals surface area contributed by atoms with E-state index in [2.05, 4.69) is 0 Å². The van der Waals surface area contributed by atoms with Crippen molar-refractivity contribution in [2.45, 2.75) is 32.0 Å². The van der Waals surface area contributed by atoms with Gasteiger partial charge in [-0.1, -0.05) is 37.3 Å². The van der Waals surface area contributed by atoms with Gasteiger partial charge in [-0.05, 0) is 5.56 Å². The zero-order valence-electron chi connectivity index (χ0n) is 9.33. The van der Waals surface area contributed by atoms with Gasteiger partial charge in [-0.25, -0.2) is 0 Å². The van der Waals surface area contributed by atoms with Crippen LogP contribution in [-0.2, 0) is 9.53 Å². The van der Waals surface area contributed by atoms with Gasteiger partial charge in [0.05, 0.1) is 6.42 Å². The van der Waals surface area contributed by atoms with Crippen LogP contribution in [0.4, 0.5) is 13.2 Å². The molecule has 0 spiro atoms. The van der Waals surface area contributed by atoms with Crippen LogP contribution in [-0.4, -0.2) is 12.1 Å². The Kier molecular flexibility index (Phi) is 4.54. The SMILES string of the molecule is CCC(=O)O[C@@H](CC(F)(F)F)c1ccccc1. The molecule has 94 valence electrons. The number of halogens is 3. The van der Waals surface area contributed by atoms with E-state index in [0.717, 1.165) is 0 Å². The summed E-state index contributed by atoms with van der Waals surface area (Å²) in [6.07, 6.45) is -6.73. The second-order valence-corrected chi connectivity index (χ2v) is 3.56. The smallest absolute Gasteiger partial charge is 0.392 e. The van der Waals surface area contributed by atoms with Gasteiger partial charge in [0.2, 0.25) is 0 Å². The van der Waals surface area contributed by atoms with Gasteiger partial charge in [0.1, 0.15) is 6.10 Å². The summed E-state index contributed by atoms with van der Waals surface area (Å²) in [5, 5.41) is 0. The average Bonchev–Trinajstić information content (AvgIpc) is 2.27. The number of carbonyl (C=O) groups is 1. The van der Waals surface area contributed by atoms with E-state index in [1.165, 1.54) is 19.1 Å². The topological polar surface area (TPSA) is 26.3 Å². The Balaban J connectivity index is 2.83. The molecule has 17 heavy (non-hydrogen) atoms. The predicted molar refractivity (Wildman–Crippen MR) is 56.2 cm³/mol. The first-order valence-electron chi connectivity index (χ1n) is 5.23. The molecule has 0 bridgehead atoms. The maximum absolute atomic E-state index is 12.4. The molecule has 0 saturated carbocycles. The number of ether oxygens (including phenoxy) is 1. The second kappa shape index (κ2) is 5.70. The molecule has 1 aromatic carbocycles. The normalized spacial score (nSPS) is 13.2. The molecular formula is C12H13F3O2. The summed E-state index contributed by atoms with van der Waals surface area (Å²) in [6, 6.07) is 7.94. The first kappa shape index (κ1) is 13.5. The molecule has 1 rings (SSSR count). The van der Waals surface area contributed by atoms with E-state index in [1.807, 2.05) is 0 Å². The predicted octanol–water partition coefficient (Wildman–Crippen LogP) is 3.63. The number of esters is 1. The highest BCUT2D eigenvalue weighted by atomic mass is 19.4. The van der Waals surface area contributed by atoms with Gasteiger partial charge in [-0.2, -0.15) is 13.2 Å². The number of alkyl halides is 3. The number of carbonyl (C=O) groups excluding carboxylic acids is 1. The zero-order chi connectivity index (χ0) is 12.9. The van der Waals surface area contributed by atoms with Crippen LogP contribution < -0.4 is 0 Å². The van der Waals surface area contributed by atoms with Gasteiger partial charge in [-0.3, -0.25) is 4.79 Å². The van der Waals surface area contributed by atoms with E-state index in [4.69, 9.17) is 4.74 Å². The summed E-state index contributed by atoms with van der Waals surface area (Å²) in [5.41, 5.74) is 0.353. The number of rotatable bonds is 4. The third-order valence-corrected chi connectivity index (χ3v) is 2.15. The summed E-state index contributed by atoms with van der Waals surface area (Å²) < 4.78 is 41.9. The molecule has 0 amide bonds. The fraction of sp³-hybridized carbons (Fsp3) is 0.417. The fourth-order valence-corrected chi connectivity index (χ4v) is 1.35. The maximum atomic E-state index is 12.4. The van der Waals surface area contributed by atoms with Gasteiger partial charge < -0.3 is 4.74 Å². The van der Waals surface area contributed by atoms with E-state index in [-0.39, 0.29) is 6.42 Å². The first-order chi connectivity index (χ1) is 7.92. The van der Waals surface area contributed by atoms with Gasteiger partial charge in [-0.15, -0.1) is 0 Å². The molecule has 0 unspecified atom stereocenters. The third-order valence-electron chi connectivity index (χ3n) is 2.15. The van der Waals surface area contributed by atoms with Crippen LogP contribution in [0.3, 0.4) is 0 Å². The van der Waals surface area contributed by atoms with Crippen molar-refractivity contribution in [3.8, 4) is 0 Å². The molecule has 0 aliphatic carbocycles. The van der Waals surface area contributed by atoms with Gasteiger partial charge >= 0.3 is 12.1 Å². The number of hydrogen-bond acceptors (Lipinski definition) is 2. The van der Waals surface area contributed by atoms with Gasteiger partial charge in [0, 0.05) is 6.42 Å². The van der Waals surface area contributed by atoms with Crippen molar-refractivity contribution < 1.29 is 22.7 Å². The summed E-state index contributed by atoms with van der Waals surface area (Å²) in [6.45, 7) is 1.54. The van der Waals surface area contributed by atoms with Crippen LogP contribution in [0.2, 0.25) is 0 Å². The average molecular weight is 246 g/mol. The molecule has 1 atom stereocenters. The number of benzene rings is 1. The highest BCUT2D eigenvalue weighted by molar-refractivity contribution is 5.69. The quantitative estimate of drug-likeness (QED) is 0.758. The minimum Gasteiger partial charge on any atom is -0.457 e. The van der Waals surface area contributed by atoms with Crippen LogP contribution in [0.5, 0.6) is 0 Å². The molecule has 0 aromatic heterocycles. The molecule has 1 aromatic rings. The summed E-state index contributed by atoms with van der Waals surface area (Å²) in [7, 11) is 0. The van der Waals surface area contributed by atoms with E-state index in [1.54, 1.807) is 18.2 Å². The Morgan fingerprint density at radius 3 is 2.35 bits per heavy atom. The zero-order valence-corrected chi connectivity index (χ0v) is 9.33. The van der Waals surface area contributed by atoms with Crippen LogP contribution in [0.1, 0.15) is 31.4 Å². The Morgan fingerprint density at radius 2 is 1.88 bits per heavy atom. The maximum Gasteiger partial charge on any atom is 0.392 e. The largest absolute Gasteiger partial charge is 0.457 e. The molecule has 0 aliphatic heterocycles. The summed E-state index contributed by atoms with van der Waals surface area (Å²) in [4.78, 5) is 11.1. The molecular weight excluding hydrogens is 233 g/mol. The van der Waals surface area contributed by atoms with Crippen molar-refractivity contribution in [1.82, 2.24) is 0 Å². The highest BCUT2D eigenvalue weighted by Crippen LogP contribution is 2.32. The molecule has 2 nitrogen and oxygen atoms in total. The fourth-order valence-electron chi connectivity index (χ4n) is 1.35. The molecule has 0 aliphatic rings. The standard InChI is InChI=1S/C12H13F3O2/c1-2-11(16)17-10(8-12(13,14)15)9-6-4-3-5-7-9/h3-7,10H,2,8H2,1H3/t10-/m0/s1. The Morgan fingerprint density at radius 1 is 1.29 bits per heavy atom. The highest BCUT2D eigenvalue weighted by Gasteiger charge is 2.34. The third kappa shape index (κ3) is 4.89. The lowest BCUT2D eigenvalue weighted by molar-refractivity contribution is -0.173. The molecule has 0 saturated heterocycles. The van der Waals surface area contributed by atoms with Crippen molar-refractivity contribution in [3.05, 3.63) is 35.9 Å². The Labute approximate surface area is 97.4 Å². The second-order valence-electron chi connectivity index (χ2n) is 3.56. The van der Waals surface area contributed by atoms with E-state index in [0.29, 0.717) is 5.56 Å². The minimum absolute atomic E-state index is 0.0567. The number of hydrogen-bond donors (Lipinski definition) is 0. The van der Waals surface area contributed by atoms with Crippen molar-refractivity contribution in [1.29, 1.82) is 0 Å².